The van der Waals surface area contributed by atoms with Gasteiger partial charge in [0.1, 0.15) is 5.75 Å². The van der Waals surface area contributed by atoms with Crippen molar-refractivity contribution in [2.75, 3.05) is 38.2 Å². The van der Waals surface area contributed by atoms with E-state index in [9.17, 15) is 0 Å². The summed E-state index contributed by atoms with van der Waals surface area (Å²) < 4.78 is 5.30. The van der Waals surface area contributed by atoms with Crippen LogP contribution in [0.1, 0.15) is 12.8 Å². The number of rotatable bonds is 2. The molecule has 0 amide bonds. The standard InChI is InChI=1S/C14H20N2O/c1-17-14-6-2-4-12(10-14)16-9-8-15-7-3-5-13(15)11-16/h2,4,6,10,13H,3,5,7-9,11H2,1H3. The largest absolute Gasteiger partial charge is 0.497 e. The van der Waals surface area contributed by atoms with Gasteiger partial charge in [0, 0.05) is 37.4 Å². The zero-order chi connectivity index (χ0) is 11.7. The molecular formula is C14H20N2O. The van der Waals surface area contributed by atoms with Crippen LogP contribution in [-0.4, -0.2) is 44.2 Å². The highest BCUT2D eigenvalue weighted by atomic mass is 16.5. The van der Waals surface area contributed by atoms with Gasteiger partial charge in [0.15, 0.2) is 0 Å². The first-order valence-electron chi connectivity index (χ1n) is 6.50. The molecule has 0 bridgehead atoms. The average Bonchev–Trinajstić information content (AvgIpc) is 2.86. The summed E-state index contributed by atoms with van der Waals surface area (Å²) in [6, 6.07) is 9.19. The van der Waals surface area contributed by atoms with Gasteiger partial charge in [0.05, 0.1) is 7.11 Å². The zero-order valence-corrected chi connectivity index (χ0v) is 10.4. The zero-order valence-electron chi connectivity index (χ0n) is 10.4. The summed E-state index contributed by atoms with van der Waals surface area (Å²) in [6.45, 7) is 4.83. The summed E-state index contributed by atoms with van der Waals surface area (Å²) in [5, 5.41) is 0. The number of methoxy groups -OCH3 is 1. The predicted octanol–water partition coefficient (Wildman–Crippen LogP) is 1.98. The Morgan fingerprint density at radius 3 is 3.06 bits per heavy atom. The van der Waals surface area contributed by atoms with E-state index in [1.807, 2.05) is 6.07 Å². The molecule has 0 aliphatic carbocycles. The SMILES string of the molecule is COc1cccc(N2CCN3CCCC3C2)c1. The Balaban J connectivity index is 1.75. The number of hydrogen-bond acceptors (Lipinski definition) is 3. The topological polar surface area (TPSA) is 15.7 Å². The van der Waals surface area contributed by atoms with E-state index in [2.05, 4.69) is 28.0 Å². The first-order valence-corrected chi connectivity index (χ1v) is 6.50. The van der Waals surface area contributed by atoms with E-state index in [1.165, 1.54) is 38.2 Å². The fraction of sp³-hybridized carbons (Fsp3) is 0.571. The summed E-state index contributed by atoms with van der Waals surface area (Å²) in [5.41, 5.74) is 1.30. The highest BCUT2D eigenvalue weighted by molar-refractivity contribution is 5.51. The summed E-state index contributed by atoms with van der Waals surface area (Å²) >= 11 is 0. The van der Waals surface area contributed by atoms with E-state index < -0.39 is 0 Å². The maximum atomic E-state index is 5.30. The molecule has 17 heavy (non-hydrogen) atoms. The lowest BCUT2D eigenvalue weighted by molar-refractivity contribution is 0.231. The maximum Gasteiger partial charge on any atom is 0.120 e. The van der Waals surface area contributed by atoms with Gasteiger partial charge in [-0.3, -0.25) is 4.90 Å². The van der Waals surface area contributed by atoms with Crippen LogP contribution in [0.25, 0.3) is 0 Å². The van der Waals surface area contributed by atoms with Crippen molar-refractivity contribution in [3.63, 3.8) is 0 Å². The van der Waals surface area contributed by atoms with E-state index in [0.717, 1.165) is 18.3 Å². The van der Waals surface area contributed by atoms with Gasteiger partial charge < -0.3 is 9.64 Å². The van der Waals surface area contributed by atoms with E-state index in [0.29, 0.717) is 0 Å². The summed E-state index contributed by atoms with van der Waals surface area (Å²) in [7, 11) is 1.73. The molecule has 2 aliphatic heterocycles. The van der Waals surface area contributed by atoms with Crippen molar-refractivity contribution in [2.24, 2.45) is 0 Å². The Labute approximate surface area is 103 Å². The van der Waals surface area contributed by atoms with Crippen LogP contribution >= 0.6 is 0 Å². The van der Waals surface area contributed by atoms with E-state index >= 15 is 0 Å². The van der Waals surface area contributed by atoms with Gasteiger partial charge in [-0.1, -0.05) is 6.07 Å². The van der Waals surface area contributed by atoms with Crippen LogP contribution in [0, 0.1) is 0 Å². The molecule has 1 aromatic rings. The van der Waals surface area contributed by atoms with E-state index in [4.69, 9.17) is 4.74 Å². The second-order valence-electron chi connectivity index (χ2n) is 4.98. The molecule has 1 atom stereocenters. The number of ether oxygens (including phenoxy) is 1. The molecule has 2 fully saturated rings. The smallest absolute Gasteiger partial charge is 0.120 e. The Hall–Kier alpha value is -1.22. The van der Waals surface area contributed by atoms with Crippen LogP contribution in [0.15, 0.2) is 24.3 Å². The molecule has 1 aromatic carbocycles. The minimum atomic E-state index is 0.773. The Kier molecular flexibility index (Phi) is 2.93. The summed E-state index contributed by atoms with van der Waals surface area (Å²) in [5.74, 6) is 0.955. The lowest BCUT2D eigenvalue weighted by atomic mass is 10.1. The molecule has 0 radical (unpaired) electrons. The van der Waals surface area contributed by atoms with Crippen LogP contribution < -0.4 is 9.64 Å². The third-order valence-electron chi connectivity index (χ3n) is 4.01. The minimum absolute atomic E-state index is 0.773. The number of nitrogens with zero attached hydrogens (tertiary/aromatic N) is 2. The van der Waals surface area contributed by atoms with Crippen molar-refractivity contribution in [2.45, 2.75) is 18.9 Å². The molecule has 0 spiro atoms. The first kappa shape index (κ1) is 10.9. The van der Waals surface area contributed by atoms with Crippen LogP contribution in [0.2, 0.25) is 0 Å². The van der Waals surface area contributed by atoms with Crippen LogP contribution in [0.4, 0.5) is 5.69 Å². The fourth-order valence-corrected chi connectivity index (χ4v) is 3.03. The molecule has 2 heterocycles. The predicted molar refractivity (Wildman–Crippen MR) is 69.8 cm³/mol. The summed E-state index contributed by atoms with van der Waals surface area (Å²) in [4.78, 5) is 5.13. The lowest BCUT2D eigenvalue weighted by Crippen LogP contribution is -2.50. The second kappa shape index (κ2) is 4.57. The van der Waals surface area contributed by atoms with Gasteiger partial charge >= 0.3 is 0 Å². The number of benzene rings is 1. The van der Waals surface area contributed by atoms with Gasteiger partial charge in [-0.2, -0.15) is 0 Å². The van der Waals surface area contributed by atoms with Crippen LogP contribution in [-0.2, 0) is 0 Å². The maximum absolute atomic E-state index is 5.30. The molecule has 92 valence electrons. The third-order valence-corrected chi connectivity index (χ3v) is 4.01. The monoisotopic (exact) mass is 232 g/mol. The average molecular weight is 232 g/mol. The lowest BCUT2D eigenvalue weighted by Gasteiger charge is -2.38. The van der Waals surface area contributed by atoms with Gasteiger partial charge in [-0.05, 0) is 31.5 Å². The normalized spacial score (nSPS) is 24.8. The van der Waals surface area contributed by atoms with Gasteiger partial charge in [-0.15, -0.1) is 0 Å². The Morgan fingerprint density at radius 1 is 1.24 bits per heavy atom. The third kappa shape index (κ3) is 2.12. The van der Waals surface area contributed by atoms with Gasteiger partial charge in [0.2, 0.25) is 0 Å². The van der Waals surface area contributed by atoms with Crippen LogP contribution in [0.5, 0.6) is 5.75 Å². The minimum Gasteiger partial charge on any atom is -0.497 e. The molecule has 0 aromatic heterocycles. The highest BCUT2D eigenvalue weighted by Crippen LogP contribution is 2.27. The molecule has 2 aliphatic rings. The quantitative estimate of drug-likeness (QED) is 0.775. The van der Waals surface area contributed by atoms with Crippen molar-refractivity contribution in [1.82, 2.24) is 4.90 Å². The fourth-order valence-electron chi connectivity index (χ4n) is 3.03. The Morgan fingerprint density at radius 2 is 2.18 bits per heavy atom. The number of anilines is 1. The number of piperazine rings is 1. The molecule has 3 heteroatoms. The highest BCUT2D eigenvalue weighted by Gasteiger charge is 2.30. The molecule has 0 N–H and O–H groups in total. The van der Waals surface area contributed by atoms with Crippen molar-refractivity contribution in [3.05, 3.63) is 24.3 Å². The Bertz CT molecular complexity index is 394. The van der Waals surface area contributed by atoms with Crippen molar-refractivity contribution in [1.29, 1.82) is 0 Å². The molecule has 1 unspecified atom stereocenters. The van der Waals surface area contributed by atoms with Crippen LogP contribution in [0.3, 0.4) is 0 Å². The molecule has 2 saturated heterocycles. The second-order valence-corrected chi connectivity index (χ2v) is 4.98. The van der Waals surface area contributed by atoms with Crippen molar-refractivity contribution >= 4 is 5.69 Å². The van der Waals surface area contributed by atoms with Crippen molar-refractivity contribution in [3.8, 4) is 5.75 Å². The van der Waals surface area contributed by atoms with Gasteiger partial charge in [0.25, 0.3) is 0 Å². The van der Waals surface area contributed by atoms with Gasteiger partial charge in [-0.25, -0.2) is 0 Å². The first-order chi connectivity index (χ1) is 8.36. The number of fused-ring (bicyclic) bond motifs is 1. The number of hydrogen-bond donors (Lipinski definition) is 0. The molecular weight excluding hydrogens is 212 g/mol. The summed E-state index contributed by atoms with van der Waals surface area (Å²) in [6.07, 6.45) is 2.73. The molecule has 0 saturated carbocycles. The van der Waals surface area contributed by atoms with E-state index in [1.54, 1.807) is 7.11 Å². The van der Waals surface area contributed by atoms with E-state index in [-0.39, 0.29) is 0 Å². The van der Waals surface area contributed by atoms with Crippen molar-refractivity contribution < 1.29 is 4.74 Å². The molecule has 3 nitrogen and oxygen atoms in total. The molecule has 3 rings (SSSR count).